The van der Waals surface area contributed by atoms with E-state index in [1.54, 1.807) is 5.92 Å². The monoisotopic (exact) mass is 192 g/mol. The lowest BCUT2D eigenvalue weighted by atomic mass is 10.0. The molecular weight excluding hydrogens is 168 g/mol. The first-order chi connectivity index (χ1) is 6.77. The Morgan fingerprint density at radius 2 is 1.57 bits per heavy atom. The van der Waals surface area contributed by atoms with Gasteiger partial charge in [0.15, 0.2) is 0 Å². The van der Waals surface area contributed by atoms with Crippen molar-refractivity contribution < 1.29 is 0 Å². The van der Waals surface area contributed by atoms with Gasteiger partial charge in [-0.2, -0.15) is 0 Å². The molecule has 0 aromatic carbocycles. The maximum absolute atomic E-state index is 3.68. The van der Waals surface area contributed by atoms with Crippen molar-refractivity contribution in [2.45, 2.75) is 65.2 Å². The van der Waals surface area contributed by atoms with Gasteiger partial charge in [-0.1, -0.05) is 39.5 Å². The lowest BCUT2D eigenvalue weighted by Crippen LogP contribution is -1.85. The maximum Gasteiger partial charge on any atom is 0.00890 e. The first-order valence-corrected chi connectivity index (χ1v) is 5.81. The minimum atomic E-state index is 0.756. The fourth-order valence-corrected chi connectivity index (χ4v) is 1.40. The summed E-state index contributed by atoms with van der Waals surface area (Å²) in [7, 11) is 0. The summed E-state index contributed by atoms with van der Waals surface area (Å²) in [5, 5.41) is 0. The number of hydrogen-bond acceptors (Lipinski definition) is 0. The molecule has 0 aliphatic heterocycles. The molecule has 0 N–H and O–H groups in total. The molecule has 0 bridgehead atoms. The van der Waals surface area contributed by atoms with Crippen molar-refractivity contribution in [3.8, 4) is 11.8 Å². The van der Waals surface area contributed by atoms with Crippen LogP contribution in [0.2, 0.25) is 0 Å². The highest BCUT2D eigenvalue weighted by atomic mass is 14.0. The molecule has 0 aliphatic carbocycles. The molecule has 0 atom stereocenters. The van der Waals surface area contributed by atoms with Crippen molar-refractivity contribution >= 4 is 0 Å². The van der Waals surface area contributed by atoms with Crippen molar-refractivity contribution in [2.24, 2.45) is 0 Å². The smallest absolute Gasteiger partial charge is 0.00890 e. The molecule has 0 heteroatoms. The lowest BCUT2D eigenvalue weighted by molar-refractivity contribution is 0.604. The predicted octanol–water partition coefficient (Wildman–Crippen LogP) is 4.56. The minimum absolute atomic E-state index is 0.756. The van der Waals surface area contributed by atoms with Gasteiger partial charge in [0, 0.05) is 12.8 Å². The van der Waals surface area contributed by atoms with Crippen LogP contribution in [0.5, 0.6) is 0 Å². The summed E-state index contributed by atoms with van der Waals surface area (Å²) in [6.45, 7) is 8.12. The molecule has 0 rings (SSSR count). The van der Waals surface area contributed by atoms with Crippen LogP contribution < -0.4 is 0 Å². The van der Waals surface area contributed by atoms with Crippen LogP contribution in [0.4, 0.5) is 0 Å². The molecule has 0 amide bonds. The first kappa shape index (κ1) is 13.6. The van der Waals surface area contributed by atoms with Gasteiger partial charge >= 0.3 is 0 Å². The van der Waals surface area contributed by atoms with Crippen LogP contribution in [0.3, 0.4) is 0 Å². The fraction of sp³-hybridized carbons (Fsp3) is 0.714. The molecular formula is C14H24. The van der Waals surface area contributed by atoms with Gasteiger partial charge in [0.1, 0.15) is 0 Å². The average Bonchev–Trinajstić information content (AvgIpc) is 2.15. The van der Waals surface area contributed by atoms with Gasteiger partial charge in [-0.15, -0.1) is 11.8 Å². The van der Waals surface area contributed by atoms with E-state index in [1.807, 2.05) is 0 Å². The third kappa shape index (κ3) is 11.6. The summed E-state index contributed by atoms with van der Waals surface area (Å²) >= 11 is 0. The molecule has 0 aromatic heterocycles. The second-order valence-corrected chi connectivity index (χ2v) is 4.08. The highest BCUT2D eigenvalue weighted by Gasteiger charge is 1.94. The van der Waals surface area contributed by atoms with Crippen molar-refractivity contribution in [2.75, 3.05) is 0 Å². The van der Waals surface area contributed by atoms with E-state index in [0.29, 0.717) is 0 Å². The van der Waals surface area contributed by atoms with Crippen LogP contribution in [0.1, 0.15) is 65.2 Å². The van der Waals surface area contributed by atoms with Crippen LogP contribution in [-0.4, -0.2) is 0 Å². The zero-order chi connectivity index (χ0) is 10.6. The van der Waals surface area contributed by atoms with Crippen LogP contribution in [0.15, 0.2) is 0 Å². The van der Waals surface area contributed by atoms with E-state index in [2.05, 4.69) is 32.6 Å². The first-order valence-electron chi connectivity index (χ1n) is 5.81. The van der Waals surface area contributed by atoms with Crippen LogP contribution in [0.25, 0.3) is 0 Å². The van der Waals surface area contributed by atoms with Crippen molar-refractivity contribution in [3.63, 3.8) is 0 Å². The van der Waals surface area contributed by atoms with Crippen molar-refractivity contribution in [1.82, 2.24) is 0 Å². The second kappa shape index (κ2) is 10.6. The number of rotatable bonds is 7. The van der Waals surface area contributed by atoms with Crippen LogP contribution in [-0.2, 0) is 0 Å². The topological polar surface area (TPSA) is 0 Å². The highest BCUT2D eigenvalue weighted by Crippen LogP contribution is 2.12. The second-order valence-electron chi connectivity index (χ2n) is 4.08. The summed E-state index contributed by atoms with van der Waals surface area (Å²) in [6, 6.07) is 0. The molecule has 0 saturated heterocycles. The Morgan fingerprint density at radius 3 is 2.21 bits per heavy atom. The molecule has 14 heavy (non-hydrogen) atoms. The number of unbranched alkanes of at least 4 members (excludes halogenated alkanes) is 5. The van der Waals surface area contributed by atoms with E-state index in [-0.39, 0.29) is 0 Å². The fourth-order valence-electron chi connectivity index (χ4n) is 1.40. The molecule has 0 saturated carbocycles. The summed E-state index contributed by atoms with van der Waals surface area (Å²) < 4.78 is 0. The summed E-state index contributed by atoms with van der Waals surface area (Å²) in [5.41, 5.74) is 0. The van der Waals surface area contributed by atoms with Gasteiger partial charge < -0.3 is 0 Å². The average molecular weight is 192 g/mol. The molecule has 2 radical (unpaired) electrons. The largest absolute Gasteiger partial charge is 0.103 e. The lowest BCUT2D eigenvalue weighted by Gasteiger charge is -2.02. The third-order valence-electron chi connectivity index (χ3n) is 2.23. The molecule has 80 valence electrons. The Bertz CT molecular complexity index is 157. The molecule has 0 aliphatic rings. The van der Waals surface area contributed by atoms with E-state index in [1.165, 1.54) is 38.5 Å². The zero-order valence-corrected chi connectivity index (χ0v) is 9.86. The minimum Gasteiger partial charge on any atom is -0.103 e. The Kier molecular flexibility index (Phi) is 10.3. The van der Waals surface area contributed by atoms with Crippen LogP contribution >= 0.6 is 0 Å². The number of hydrogen-bond donors (Lipinski definition) is 0. The third-order valence-corrected chi connectivity index (χ3v) is 2.23. The van der Waals surface area contributed by atoms with E-state index in [4.69, 9.17) is 0 Å². The molecule has 0 unspecified atom stereocenters. The normalized spacial score (nSPS) is 10.0. The van der Waals surface area contributed by atoms with Gasteiger partial charge in [0.2, 0.25) is 0 Å². The van der Waals surface area contributed by atoms with Crippen molar-refractivity contribution in [3.05, 3.63) is 12.8 Å². The Balaban J connectivity index is 2.99. The summed E-state index contributed by atoms with van der Waals surface area (Å²) in [6.07, 6.45) is 9.86. The highest BCUT2D eigenvalue weighted by molar-refractivity contribution is 4.98. The SMILES string of the molecule is [CH2]CC#CCCCCCCC[C](C)C. The van der Waals surface area contributed by atoms with Gasteiger partial charge in [-0.3, -0.25) is 0 Å². The van der Waals surface area contributed by atoms with Gasteiger partial charge in [-0.05, 0) is 25.7 Å². The Hall–Kier alpha value is -0.440. The van der Waals surface area contributed by atoms with Crippen molar-refractivity contribution in [1.29, 1.82) is 0 Å². The maximum atomic E-state index is 3.68. The van der Waals surface area contributed by atoms with Crippen LogP contribution in [0, 0.1) is 24.7 Å². The molecule has 0 heterocycles. The Labute approximate surface area is 90.5 Å². The van der Waals surface area contributed by atoms with Gasteiger partial charge in [-0.25, -0.2) is 0 Å². The standard InChI is InChI=1S/C14H24/c1-4-5-6-7-8-9-10-11-12-13-14(2)3/h1,4,7-13H2,2-3H3. The quantitative estimate of drug-likeness (QED) is 0.410. The van der Waals surface area contributed by atoms with E-state index >= 15 is 0 Å². The van der Waals surface area contributed by atoms with E-state index in [9.17, 15) is 0 Å². The molecule has 0 spiro atoms. The molecule has 0 nitrogen and oxygen atoms in total. The van der Waals surface area contributed by atoms with E-state index in [0.717, 1.165) is 12.8 Å². The van der Waals surface area contributed by atoms with Gasteiger partial charge in [0.05, 0.1) is 0 Å². The van der Waals surface area contributed by atoms with Gasteiger partial charge in [0.25, 0.3) is 0 Å². The summed E-state index contributed by atoms with van der Waals surface area (Å²) in [4.78, 5) is 0. The Morgan fingerprint density at radius 1 is 0.929 bits per heavy atom. The molecule has 0 fully saturated rings. The molecule has 0 aromatic rings. The predicted molar refractivity (Wildman–Crippen MR) is 64.7 cm³/mol. The summed E-state index contributed by atoms with van der Waals surface area (Å²) in [5.74, 6) is 7.69. The zero-order valence-electron chi connectivity index (χ0n) is 9.86. The van der Waals surface area contributed by atoms with E-state index < -0.39 is 0 Å².